The third kappa shape index (κ3) is 3.82. The first-order valence-corrected chi connectivity index (χ1v) is 9.33. The Kier molecular flexibility index (Phi) is 5.46. The van der Waals surface area contributed by atoms with E-state index >= 15 is 0 Å². The highest BCUT2D eigenvalue weighted by molar-refractivity contribution is 5.76. The van der Waals surface area contributed by atoms with Crippen molar-refractivity contribution in [2.75, 3.05) is 32.0 Å². The maximum Gasteiger partial charge on any atom is 0.219 e. The van der Waals surface area contributed by atoms with Crippen molar-refractivity contribution in [3.63, 3.8) is 0 Å². The fourth-order valence-electron chi connectivity index (χ4n) is 4.53. The Morgan fingerprint density at radius 2 is 2.04 bits per heavy atom. The van der Waals surface area contributed by atoms with Gasteiger partial charge in [-0.25, -0.2) is 4.98 Å². The highest BCUT2D eigenvalue weighted by Crippen LogP contribution is 2.39. The number of hydrogen-bond acceptors (Lipinski definition) is 5. The zero-order valence-electron chi connectivity index (χ0n) is 15.9. The molecule has 2 fully saturated rings. The number of nitrogens with zero attached hydrogens (tertiary/aromatic N) is 3. The summed E-state index contributed by atoms with van der Waals surface area (Å²) in [6.07, 6.45) is 4.54. The number of pyridine rings is 1. The zero-order chi connectivity index (χ0) is 18.7. The van der Waals surface area contributed by atoms with E-state index in [4.69, 9.17) is 0 Å². The van der Waals surface area contributed by atoms with E-state index in [9.17, 15) is 9.59 Å². The van der Waals surface area contributed by atoms with Gasteiger partial charge in [0.15, 0.2) is 0 Å². The van der Waals surface area contributed by atoms with Crippen molar-refractivity contribution in [2.24, 2.45) is 0 Å². The number of likely N-dealkylation sites (tertiary alicyclic amines) is 2. The van der Waals surface area contributed by atoms with E-state index in [1.54, 1.807) is 20.0 Å². The molecule has 2 amide bonds. The van der Waals surface area contributed by atoms with Gasteiger partial charge in [0.1, 0.15) is 5.82 Å². The Labute approximate surface area is 155 Å². The van der Waals surface area contributed by atoms with Crippen molar-refractivity contribution in [1.29, 1.82) is 0 Å². The summed E-state index contributed by atoms with van der Waals surface area (Å²) >= 11 is 0. The molecule has 142 valence electrons. The number of carbonyl (C=O) groups is 2. The second kappa shape index (κ2) is 7.61. The van der Waals surface area contributed by atoms with Gasteiger partial charge in [-0.3, -0.25) is 14.5 Å². The lowest BCUT2D eigenvalue weighted by Gasteiger charge is -2.44. The molecule has 0 unspecified atom stereocenters. The van der Waals surface area contributed by atoms with Crippen molar-refractivity contribution in [2.45, 2.75) is 51.2 Å². The molecule has 7 nitrogen and oxygen atoms in total. The van der Waals surface area contributed by atoms with Crippen molar-refractivity contribution >= 4 is 17.6 Å². The molecule has 1 aromatic heterocycles. The lowest BCUT2D eigenvalue weighted by atomic mass is 9.84. The van der Waals surface area contributed by atoms with Gasteiger partial charge in [0, 0.05) is 70.4 Å². The monoisotopic (exact) mass is 359 g/mol. The molecule has 2 saturated heterocycles. The number of piperidine rings is 1. The number of rotatable bonds is 4. The molecule has 0 aliphatic carbocycles. The molecule has 2 N–H and O–H groups in total. The Morgan fingerprint density at radius 3 is 2.65 bits per heavy atom. The average molecular weight is 359 g/mol. The maximum atomic E-state index is 12.2. The SMILES string of the molecule is CNc1ncccc1CN1CCC2(CC1)C[C@@H](NC(C)=O)CN2C(C)=O. The molecule has 1 spiro atoms. The van der Waals surface area contributed by atoms with Crippen LogP contribution in [0.3, 0.4) is 0 Å². The van der Waals surface area contributed by atoms with Crippen molar-refractivity contribution in [3.05, 3.63) is 23.9 Å². The first-order chi connectivity index (χ1) is 12.4. The molecule has 0 bridgehead atoms. The van der Waals surface area contributed by atoms with Crippen LogP contribution in [0.4, 0.5) is 5.82 Å². The summed E-state index contributed by atoms with van der Waals surface area (Å²) in [6, 6.07) is 4.14. The van der Waals surface area contributed by atoms with Gasteiger partial charge in [0.25, 0.3) is 0 Å². The third-order valence-corrected chi connectivity index (χ3v) is 5.70. The second-order valence-electron chi connectivity index (χ2n) is 7.49. The van der Waals surface area contributed by atoms with E-state index in [2.05, 4.69) is 26.6 Å². The first-order valence-electron chi connectivity index (χ1n) is 9.33. The number of aromatic nitrogens is 1. The highest BCUT2D eigenvalue weighted by Gasteiger charge is 2.48. The van der Waals surface area contributed by atoms with Gasteiger partial charge in [-0.1, -0.05) is 6.07 Å². The van der Waals surface area contributed by atoms with Crippen LogP contribution in [-0.4, -0.2) is 64.9 Å². The maximum absolute atomic E-state index is 12.2. The fourth-order valence-corrected chi connectivity index (χ4v) is 4.53. The first kappa shape index (κ1) is 18.6. The van der Waals surface area contributed by atoms with E-state index in [-0.39, 0.29) is 23.4 Å². The van der Waals surface area contributed by atoms with Crippen LogP contribution in [-0.2, 0) is 16.1 Å². The molecule has 0 saturated carbocycles. The number of hydrogen-bond donors (Lipinski definition) is 2. The average Bonchev–Trinajstić information content (AvgIpc) is 2.95. The predicted octanol–water partition coefficient (Wildman–Crippen LogP) is 1.21. The van der Waals surface area contributed by atoms with Crippen LogP contribution in [0.1, 0.15) is 38.7 Å². The van der Waals surface area contributed by atoms with Gasteiger partial charge in [0.2, 0.25) is 11.8 Å². The Hall–Kier alpha value is -2.15. The standard InChI is InChI=1S/C19H29N5O2/c1-14(25)22-17-11-19(24(13-17)15(2)26)6-9-23(10-7-19)12-16-5-4-8-21-18(16)20-3/h4-5,8,17H,6-7,9-13H2,1-3H3,(H,20,21)(H,22,25)/t17-/m1/s1. The van der Waals surface area contributed by atoms with Crippen LogP contribution in [0.2, 0.25) is 0 Å². The van der Waals surface area contributed by atoms with Crippen LogP contribution in [0, 0.1) is 0 Å². The topological polar surface area (TPSA) is 77.6 Å². The van der Waals surface area contributed by atoms with Gasteiger partial charge < -0.3 is 15.5 Å². The summed E-state index contributed by atoms with van der Waals surface area (Å²) in [4.78, 5) is 32.4. The van der Waals surface area contributed by atoms with Crippen LogP contribution >= 0.6 is 0 Å². The van der Waals surface area contributed by atoms with Crippen LogP contribution < -0.4 is 10.6 Å². The molecule has 26 heavy (non-hydrogen) atoms. The normalized spacial score (nSPS) is 22.4. The third-order valence-electron chi connectivity index (χ3n) is 5.70. The fraction of sp³-hybridized carbons (Fsp3) is 0.632. The molecular formula is C19H29N5O2. The van der Waals surface area contributed by atoms with Crippen molar-refractivity contribution in [1.82, 2.24) is 20.1 Å². The molecule has 7 heteroatoms. The van der Waals surface area contributed by atoms with Crippen molar-refractivity contribution < 1.29 is 9.59 Å². The largest absolute Gasteiger partial charge is 0.373 e. The van der Waals surface area contributed by atoms with Gasteiger partial charge >= 0.3 is 0 Å². The predicted molar refractivity (Wildman–Crippen MR) is 101 cm³/mol. The van der Waals surface area contributed by atoms with Crippen molar-refractivity contribution in [3.8, 4) is 0 Å². The zero-order valence-corrected chi connectivity index (χ0v) is 15.9. The molecule has 0 radical (unpaired) electrons. The number of amides is 2. The minimum absolute atomic E-state index is 0.0239. The van der Waals surface area contributed by atoms with E-state index in [0.717, 1.165) is 44.7 Å². The lowest BCUT2D eigenvalue weighted by molar-refractivity contribution is -0.134. The van der Waals surface area contributed by atoms with Gasteiger partial charge in [-0.15, -0.1) is 0 Å². The van der Waals surface area contributed by atoms with E-state index < -0.39 is 0 Å². The summed E-state index contributed by atoms with van der Waals surface area (Å²) < 4.78 is 0. The molecular weight excluding hydrogens is 330 g/mol. The van der Waals surface area contributed by atoms with Crippen LogP contribution in [0.25, 0.3) is 0 Å². The quantitative estimate of drug-likeness (QED) is 0.845. The number of nitrogens with one attached hydrogen (secondary N) is 2. The van der Waals surface area contributed by atoms with Crippen LogP contribution in [0.5, 0.6) is 0 Å². The Balaban J connectivity index is 1.66. The minimum Gasteiger partial charge on any atom is -0.373 e. The summed E-state index contributed by atoms with van der Waals surface area (Å²) in [5.41, 5.74) is 1.08. The summed E-state index contributed by atoms with van der Waals surface area (Å²) in [7, 11) is 1.89. The van der Waals surface area contributed by atoms with Gasteiger partial charge in [-0.2, -0.15) is 0 Å². The molecule has 2 aliphatic rings. The lowest BCUT2D eigenvalue weighted by Crippen LogP contribution is -2.53. The number of anilines is 1. The minimum atomic E-state index is -0.115. The molecule has 3 heterocycles. The van der Waals surface area contributed by atoms with Gasteiger partial charge in [-0.05, 0) is 25.3 Å². The van der Waals surface area contributed by atoms with E-state index in [1.165, 1.54) is 5.56 Å². The van der Waals surface area contributed by atoms with E-state index in [1.807, 2.05) is 18.0 Å². The highest BCUT2D eigenvalue weighted by atomic mass is 16.2. The molecule has 2 aliphatic heterocycles. The Morgan fingerprint density at radius 1 is 1.31 bits per heavy atom. The molecule has 1 aromatic rings. The molecule has 1 atom stereocenters. The van der Waals surface area contributed by atoms with Gasteiger partial charge in [0.05, 0.1) is 0 Å². The Bertz CT molecular complexity index is 670. The number of carbonyl (C=O) groups excluding carboxylic acids is 2. The smallest absolute Gasteiger partial charge is 0.219 e. The molecule has 3 rings (SSSR count). The summed E-state index contributed by atoms with van der Waals surface area (Å²) in [6.45, 7) is 6.54. The molecule has 0 aromatic carbocycles. The van der Waals surface area contributed by atoms with Crippen LogP contribution in [0.15, 0.2) is 18.3 Å². The summed E-state index contributed by atoms with van der Waals surface area (Å²) in [5, 5.41) is 6.15. The summed E-state index contributed by atoms with van der Waals surface area (Å²) in [5.74, 6) is 1.00. The van der Waals surface area contributed by atoms with E-state index in [0.29, 0.717) is 6.54 Å². The second-order valence-corrected chi connectivity index (χ2v) is 7.49.